The minimum absolute atomic E-state index is 0.0728. The summed E-state index contributed by atoms with van der Waals surface area (Å²) in [5.41, 5.74) is 2.44. The molecule has 4 fully saturated rings. The van der Waals surface area contributed by atoms with E-state index in [0.29, 0.717) is 35.4 Å². The van der Waals surface area contributed by atoms with Gasteiger partial charge in [0.15, 0.2) is 9.75 Å². The van der Waals surface area contributed by atoms with Crippen molar-refractivity contribution in [3.63, 3.8) is 0 Å². The number of nitrogens with zero attached hydrogens (tertiary/aromatic N) is 3. The fourth-order valence-electron chi connectivity index (χ4n) is 8.48. The van der Waals surface area contributed by atoms with Gasteiger partial charge < -0.3 is 14.7 Å². The van der Waals surface area contributed by atoms with Crippen LogP contribution in [0.1, 0.15) is 24.3 Å². The molecule has 4 amide bonds. The van der Waals surface area contributed by atoms with Gasteiger partial charge in [0, 0.05) is 42.7 Å². The van der Waals surface area contributed by atoms with E-state index in [9.17, 15) is 24.3 Å². The summed E-state index contributed by atoms with van der Waals surface area (Å²) in [4.78, 5) is 56.4. The highest BCUT2D eigenvalue weighted by molar-refractivity contribution is 6.53. The molecule has 2 aliphatic carbocycles. The number of aromatic hydroxyl groups is 1. The van der Waals surface area contributed by atoms with Crippen molar-refractivity contribution in [3.8, 4) is 5.75 Å². The van der Waals surface area contributed by atoms with Gasteiger partial charge in [-0.05, 0) is 48.4 Å². The van der Waals surface area contributed by atoms with Crippen LogP contribution in [0.5, 0.6) is 5.75 Å². The maximum absolute atomic E-state index is 14.3. The molecule has 0 spiro atoms. The second kappa shape index (κ2) is 10.3. The van der Waals surface area contributed by atoms with Gasteiger partial charge in [0.25, 0.3) is 11.8 Å². The third kappa shape index (κ3) is 3.79. The van der Waals surface area contributed by atoms with Gasteiger partial charge in [0.1, 0.15) is 5.75 Å². The smallest absolute Gasteiger partial charge is 0.253 e. The van der Waals surface area contributed by atoms with Gasteiger partial charge >= 0.3 is 0 Å². The van der Waals surface area contributed by atoms with Crippen molar-refractivity contribution in [3.05, 3.63) is 77.9 Å². The first-order chi connectivity index (χ1) is 22.1. The molecule has 5 aliphatic rings. The number of rotatable bonds is 3. The van der Waals surface area contributed by atoms with Gasteiger partial charge in [-0.25, -0.2) is 0 Å². The fourth-order valence-corrected chi connectivity index (χ4v) is 9.49. The molecule has 0 aromatic heterocycles. The largest absolute Gasteiger partial charge is 0.507 e. The number of likely N-dealkylation sites (tertiary alicyclic amines) is 1. The molecule has 3 saturated heterocycles. The second-order valence-electron chi connectivity index (χ2n) is 12.9. The van der Waals surface area contributed by atoms with Gasteiger partial charge in [-0.15, -0.1) is 23.2 Å². The molecule has 0 unspecified atom stereocenters. The Morgan fingerprint density at radius 1 is 0.848 bits per heavy atom. The number of hydrogen-bond donors (Lipinski definition) is 1. The van der Waals surface area contributed by atoms with Gasteiger partial charge in [0.2, 0.25) is 11.8 Å². The van der Waals surface area contributed by atoms with Gasteiger partial charge in [-0.1, -0.05) is 48.0 Å². The van der Waals surface area contributed by atoms with E-state index in [2.05, 4.69) is 4.90 Å². The Balaban J connectivity index is 1.22. The van der Waals surface area contributed by atoms with E-state index in [1.165, 1.54) is 11.9 Å². The lowest BCUT2D eigenvalue weighted by atomic mass is 9.56. The lowest BCUT2D eigenvalue weighted by molar-refractivity contribution is -0.138. The highest BCUT2D eigenvalue weighted by atomic mass is 35.5. The molecule has 3 aromatic carbocycles. The summed E-state index contributed by atoms with van der Waals surface area (Å²) in [7, 11) is 1.35. The predicted molar refractivity (Wildman–Crippen MR) is 173 cm³/mol. The number of imide groups is 2. The highest BCUT2D eigenvalue weighted by Gasteiger charge is 2.76. The molecule has 1 saturated carbocycles. The summed E-state index contributed by atoms with van der Waals surface area (Å²) in [5, 5.41) is 13.0. The average Bonchev–Trinajstić information content (AvgIpc) is 3.40. The lowest BCUT2D eigenvalue weighted by Crippen LogP contribution is -2.60. The summed E-state index contributed by atoms with van der Waals surface area (Å²) < 4.78 is 5.45. The maximum atomic E-state index is 14.3. The summed E-state index contributed by atoms with van der Waals surface area (Å²) in [6, 6.07) is 18.2. The highest BCUT2D eigenvalue weighted by Crippen LogP contribution is 2.66. The first-order valence-corrected chi connectivity index (χ1v) is 16.2. The first-order valence-electron chi connectivity index (χ1n) is 15.5. The minimum Gasteiger partial charge on any atom is -0.507 e. The number of halogens is 2. The van der Waals surface area contributed by atoms with Crippen LogP contribution in [0, 0.1) is 17.8 Å². The SMILES string of the molecule is CN1C(=O)[C@]2(Cl)C[C@@H]3C(=CC[C@@H]4C(=O)N(c5ccc(N6CCOCC6)cc5)C(=O)[C@@H]43)[C@H](c3ccc4ccccc4c3O)[C@]2(Cl)C1=O. The number of ether oxygens (including phenoxy) is 1. The van der Waals surface area contributed by atoms with Gasteiger partial charge in [-0.2, -0.15) is 0 Å². The Morgan fingerprint density at radius 3 is 2.28 bits per heavy atom. The zero-order valence-corrected chi connectivity index (χ0v) is 26.5. The number of hydrogen-bond acceptors (Lipinski definition) is 7. The molecular weight excluding hydrogens is 629 g/mol. The standard InChI is InChI=1S/C35H31Cl2N3O6/c1-38-32(44)34(36)18-26-23(28(35(34,37)33(38)45)25-11-6-19-4-2-3-5-22(19)29(25)41)12-13-24-27(26)31(43)40(30(24)42)21-9-7-20(8-10-21)39-14-16-46-17-15-39/h2-12,24,26-28,41H,13-18H2,1H3/t24-,26+,27-,28+,34+,35-/m0/s1. The lowest BCUT2D eigenvalue weighted by Gasteiger charge is -2.50. The molecule has 3 heterocycles. The van der Waals surface area contributed by atoms with Crippen molar-refractivity contribution >= 4 is 69.0 Å². The number of morpholine rings is 1. The Labute approximate surface area is 275 Å². The summed E-state index contributed by atoms with van der Waals surface area (Å²) in [5.74, 6) is -5.27. The van der Waals surface area contributed by atoms with Gasteiger partial charge in [0.05, 0.1) is 30.7 Å². The number of carbonyl (C=O) groups excluding carboxylic acids is 4. The van der Waals surface area contributed by atoms with Crippen LogP contribution in [0.25, 0.3) is 10.8 Å². The van der Waals surface area contributed by atoms with Crippen LogP contribution in [0.15, 0.2) is 72.3 Å². The monoisotopic (exact) mass is 659 g/mol. The molecule has 0 radical (unpaired) electrons. The summed E-state index contributed by atoms with van der Waals surface area (Å²) >= 11 is 14.6. The van der Waals surface area contributed by atoms with Crippen molar-refractivity contribution in [1.82, 2.24) is 4.90 Å². The molecule has 11 heteroatoms. The number of phenols is 1. The summed E-state index contributed by atoms with van der Waals surface area (Å²) in [6.45, 7) is 2.79. The third-order valence-corrected chi connectivity index (χ3v) is 12.2. The Kier molecular flexibility index (Phi) is 6.59. The van der Waals surface area contributed by atoms with Gasteiger partial charge in [-0.3, -0.25) is 29.0 Å². The fraction of sp³-hybridized carbons (Fsp3) is 0.371. The van der Waals surface area contributed by atoms with Crippen LogP contribution >= 0.6 is 23.2 Å². The van der Waals surface area contributed by atoms with Crippen LogP contribution in [-0.4, -0.2) is 76.7 Å². The van der Waals surface area contributed by atoms with Crippen molar-refractivity contribution in [2.24, 2.45) is 17.8 Å². The third-order valence-electron chi connectivity index (χ3n) is 10.7. The quantitative estimate of drug-likeness (QED) is 0.249. The Hall–Kier alpha value is -3.92. The number of amides is 4. The number of alkyl halides is 2. The number of anilines is 2. The topological polar surface area (TPSA) is 107 Å². The van der Waals surface area contributed by atoms with Crippen LogP contribution in [-0.2, 0) is 23.9 Å². The zero-order valence-electron chi connectivity index (χ0n) is 25.0. The van der Waals surface area contributed by atoms with E-state index in [4.69, 9.17) is 27.9 Å². The van der Waals surface area contributed by atoms with Crippen LogP contribution < -0.4 is 9.80 Å². The molecule has 8 rings (SSSR count). The molecule has 3 aliphatic heterocycles. The molecule has 3 aromatic rings. The molecular formula is C35H31Cl2N3O6. The van der Waals surface area contributed by atoms with Crippen molar-refractivity contribution in [2.75, 3.05) is 43.2 Å². The Bertz CT molecular complexity index is 1870. The molecule has 6 atom stereocenters. The molecule has 1 N–H and O–H groups in total. The minimum atomic E-state index is -1.96. The number of benzene rings is 3. The molecule has 9 nitrogen and oxygen atoms in total. The average molecular weight is 661 g/mol. The summed E-state index contributed by atoms with van der Waals surface area (Å²) in [6.07, 6.45) is 2.01. The number of fused-ring (bicyclic) bond motifs is 5. The maximum Gasteiger partial charge on any atom is 0.253 e. The first kappa shape index (κ1) is 29.5. The van der Waals surface area contributed by atoms with E-state index in [0.717, 1.165) is 29.1 Å². The van der Waals surface area contributed by atoms with Crippen molar-refractivity contribution < 1.29 is 29.0 Å². The Morgan fingerprint density at radius 2 is 1.54 bits per heavy atom. The second-order valence-corrected chi connectivity index (χ2v) is 14.1. The van der Waals surface area contributed by atoms with E-state index < -0.39 is 45.2 Å². The van der Waals surface area contributed by atoms with Crippen molar-refractivity contribution in [1.29, 1.82) is 0 Å². The van der Waals surface area contributed by atoms with E-state index in [1.54, 1.807) is 30.3 Å². The van der Waals surface area contributed by atoms with Crippen LogP contribution in [0.4, 0.5) is 11.4 Å². The number of phenolic OH excluding ortho intramolecular Hbond substituents is 1. The number of carbonyl (C=O) groups is 4. The van der Waals surface area contributed by atoms with E-state index in [-0.39, 0.29) is 30.4 Å². The molecule has 0 bridgehead atoms. The van der Waals surface area contributed by atoms with Crippen LogP contribution in [0.3, 0.4) is 0 Å². The van der Waals surface area contributed by atoms with E-state index in [1.807, 2.05) is 36.4 Å². The predicted octanol–water partition coefficient (Wildman–Crippen LogP) is 4.58. The zero-order chi connectivity index (χ0) is 32.1. The molecule has 236 valence electrons. The van der Waals surface area contributed by atoms with Crippen LogP contribution in [0.2, 0.25) is 0 Å². The normalized spacial score (nSPS) is 32.5. The van der Waals surface area contributed by atoms with E-state index >= 15 is 0 Å². The van der Waals surface area contributed by atoms with Crippen molar-refractivity contribution in [2.45, 2.75) is 28.5 Å². The molecule has 46 heavy (non-hydrogen) atoms. The number of allylic oxidation sites excluding steroid dienone is 2.